The zero-order valence-corrected chi connectivity index (χ0v) is 14.2. The van der Waals surface area contributed by atoms with E-state index in [1.54, 1.807) is 0 Å². The van der Waals surface area contributed by atoms with Crippen molar-refractivity contribution in [3.63, 3.8) is 0 Å². The molecule has 0 saturated heterocycles. The van der Waals surface area contributed by atoms with Gasteiger partial charge < -0.3 is 0 Å². The predicted octanol–water partition coefficient (Wildman–Crippen LogP) is 6.80. The van der Waals surface area contributed by atoms with E-state index in [1.165, 1.54) is 32.0 Å². The maximum atomic E-state index is 2.28. The number of aryl methyl sites for hydroxylation is 1. The molecule has 0 saturated carbocycles. The summed E-state index contributed by atoms with van der Waals surface area (Å²) in [6, 6.07) is 24.2. The van der Waals surface area contributed by atoms with Gasteiger partial charge >= 0.3 is 0 Å². The molecular formula is C21H21S+. The minimum atomic E-state index is 0.579. The summed E-state index contributed by atoms with van der Waals surface area (Å²) in [4.78, 5) is 2.65. The second kappa shape index (κ2) is 6.41. The minimum Gasteiger partial charge on any atom is -0.0622 e. The Bertz CT molecular complexity index is 756. The van der Waals surface area contributed by atoms with E-state index in [-0.39, 0.29) is 0 Å². The van der Waals surface area contributed by atoms with Gasteiger partial charge in [-0.05, 0) is 48.2 Å². The Morgan fingerprint density at radius 2 is 1.27 bits per heavy atom. The van der Waals surface area contributed by atoms with Crippen LogP contribution >= 0.6 is 11.3 Å². The van der Waals surface area contributed by atoms with Crippen LogP contribution in [0.1, 0.15) is 30.9 Å². The second-order valence-electron chi connectivity index (χ2n) is 6.01. The van der Waals surface area contributed by atoms with Gasteiger partial charge in [0.25, 0.3) is 0 Å². The Hall–Kier alpha value is -1.99. The van der Waals surface area contributed by atoms with Crippen molar-refractivity contribution in [1.29, 1.82) is 0 Å². The zero-order valence-electron chi connectivity index (χ0n) is 13.3. The first-order valence-electron chi connectivity index (χ1n) is 7.74. The molecule has 1 aromatic heterocycles. The fourth-order valence-electron chi connectivity index (χ4n) is 2.55. The zero-order chi connectivity index (χ0) is 15.5. The lowest BCUT2D eigenvalue weighted by Gasteiger charge is -2.04. The van der Waals surface area contributed by atoms with Crippen LogP contribution in [0.3, 0.4) is 0 Å². The maximum absolute atomic E-state index is 2.28. The van der Waals surface area contributed by atoms with Gasteiger partial charge in [-0.25, -0.2) is 0 Å². The van der Waals surface area contributed by atoms with Crippen molar-refractivity contribution in [2.24, 2.45) is 0 Å². The van der Waals surface area contributed by atoms with Gasteiger partial charge in [0.1, 0.15) is 0 Å². The van der Waals surface area contributed by atoms with Gasteiger partial charge in [-0.2, -0.15) is 0 Å². The van der Waals surface area contributed by atoms with Crippen LogP contribution in [0.2, 0.25) is 0 Å². The molecule has 1 heteroatoms. The molecule has 0 spiro atoms. The summed E-state index contributed by atoms with van der Waals surface area (Å²) in [5.74, 6) is 0.579. The standard InChI is InChI=1S/C21H21S/c1-15(2)17-9-11-19(12-10-17)21-14-16(3)13-20(22-21)18-7-5-4-6-8-18/h4-15H,1-3H3/q+1. The molecule has 0 amide bonds. The van der Waals surface area contributed by atoms with Gasteiger partial charge in [0, 0.05) is 23.3 Å². The predicted molar refractivity (Wildman–Crippen MR) is 98.4 cm³/mol. The average Bonchev–Trinajstić information content (AvgIpc) is 2.55. The van der Waals surface area contributed by atoms with Crippen LogP contribution in [0.5, 0.6) is 0 Å². The van der Waals surface area contributed by atoms with Crippen LogP contribution in [0, 0.1) is 6.92 Å². The van der Waals surface area contributed by atoms with Crippen LogP contribution in [0.25, 0.3) is 20.9 Å². The fourth-order valence-corrected chi connectivity index (χ4v) is 3.79. The lowest BCUT2D eigenvalue weighted by atomic mass is 10.0. The Labute approximate surface area is 137 Å². The van der Waals surface area contributed by atoms with Crippen LogP contribution in [-0.4, -0.2) is 0 Å². The molecule has 0 aliphatic heterocycles. The fraction of sp³-hybridized carbons (Fsp3) is 0.190. The molecule has 0 aliphatic rings. The van der Waals surface area contributed by atoms with Crippen molar-refractivity contribution in [2.75, 3.05) is 0 Å². The molecule has 0 aliphatic carbocycles. The third-order valence-electron chi connectivity index (χ3n) is 3.86. The normalized spacial score (nSPS) is 10.9. The first-order chi connectivity index (χ1) is 10.6. The Balaban J connectivity index is 2.02. The number of hydrogen-bond donors (Lipinski definition) is 0. The first-order valence-corrected chi connectivity index (χ1v) is 8.55. The number of benzene rings is 2. The van der Waals surface area contributed by atoms with E-state index in [2.05, 4.69) is 87.5 Å². The highest BCUT2D eigenvalue weighted by Crippen LogP contribution is 2.34. The molecule has 22 heavy (non-hydrogen) atoms. The molecule has 0 radical (unpaired) electrons. The molecule has 2 aromatic carbocycles. The largest absolute Gasteiger partial charge is 0.238 e. The van der Waals surface area contributed by atoms with Crippen molar-refractivity contribution in [3.05, 3.63) is 77.9 Å². The van der Waals surface area contributed by atoms with E-state index in [0.717, 1.165) is 0 Å². The molecule has 0 fully saturated rings. The molecule has 3 aromatic rings. The SMILES string of the molecule is Cc1cc(-c2ccccc2)[s+]c(-c2ccc(C(C)C)cc2)c1. The second-order valence-corrected chi connectivity index (χ2v) is 7.09. The summed E-state index contributed by atoms with van der Waals surface area (Å²) in [7, 11) is 0. The molecule has 110 valence electrons. The van der Waals surface area contributed by atoms with Gasteiger partial charge in [0.2, 0.25) is 21.1 Å². The Kier molecular flexibility index (Phi) is 4.35. The van der Waals surface area contributed by atoms with Crippen LogP contribution in [-0.2, 0) is 0 Å². The molecule has 0 atom stereocenters. The van der Waals surface area contributed by atoms with Crippen molar-refractivity contribution in [1.82, 2.24) is 0 Å². The lowest BCUT2D eigenvalue weighted by Crippen LogP contribution is -1.87. The van der Waals surface area contributed by atoms with Crippen LogP contribution in [0.15, 0.2) is 66.7 Å². The smallest absolute Gasteiger partial charge is 0.0622 e. The van der Waals surface area contributed by atoms with E-state index in [1.807, 2.05) is 11.3 Å². The van der Waals surface area contributed by atoms with E-state index >= 15 is 0 Å². The summed E-state index contributed by atoms with van der Waals surface area (Å²) >= 11 is 1.86. The van der Waals surface area contributed by atoms with E-state index in [0.29, 0.717) is 5.92 Å². The summed E-state index contributed by atoms with van der Waals surface area (Å²) in [6.07, 6.45) is 0. The molecule has 3 rings (SSSR count). The summed E-state index contributed by atoms with van der Waals surface area (Å²) in [6.45, 7) is 6.64. The van der Waals surface area contributed by atoms with Gasteiger partial charge in [-0.1, -0.05) is 44.2 Å². The quantitative estimate of drug-likeness (QED) is 0.467. The van der Waals surface area contributed by atoms with Gasteiger partial charge in [0.15, 0.2) is 0 Å². The van der Waals surface area contributed by atoms with Crippen molar-refractivity contribution in [3.8, 4) is 20.9 Å². The highest BCUT2D eigenvalue weighted by molar-refractivity contribution is 7.18. The first kappa shape index (κ1) is 14.9. The molecule has 0 nitrogen and oxygen atoms in total. The molecular weight excluding hydrogens is 284 g/mol. The minimum absolute atomic E-state index is 0.579. The summed E-state index contributed by atoms with van der Waals surface area (Å²) < 4.78 is 0. The van der Waals surface area contributed by atoms with Crippen molar-refractivity contribution in [2.45, 2.75) is 26.7 Å². The Morgan fingerprint density at radius 1 is 0.727 bits per heavy atom. The average molecular weight is 305 g/mol. The molecule has 0 bridgehead atoms. The molecule has 0 N–H and O–H groups in total. The molecule has 1 heterocycles. The van der Waals surface area contributed by atoms with E-state index in [4.69, 9.17) is 0 Å². The topological polar surface area (TPSA) is 0 Å². The highest BCUT2D eigenvalue weighted by atomic mass is 32.1. The lowest BCUT2D eigenvalue weighted by molar-refractivity contribution is 0.867. The molecule has 0 unspecified atom stereocenters. The summed E-state index contributed by atoms with van der Waals surface area (Å²) in [5.41, 5.74) is 5.29. The maximum Gasteiger partial charge on any atom is 0.238 e. The third-order valence-corrected chi connectivity index (χ3v) is 5.00. The Morgan fingerprint density at radius 3 is 1.82 bits per heavy atom. The van der Waals surface area contributed by atoms with Gasteiger partial charge in [-0.3, -0.25) is 0 Å². The van der Waals surface area contributed by atoms with E-state index < -0.39 is 0 Å². The summed E-state index contributed by atoms with van der Waals surface area (Å²) in [5, 5.41) is 0. The van der Waals surface area contributed by atoms with Crippen molar-refractivity contribution < 1.29 is 0 Å². The number of rotatable bonds is 3. The van der Waals surface area contributed by atoms with Crippen LogP contribution in [0.4, 0.5) is 0 Å². The van der Waals surface area contributed by atoms with Crippen LogP contribution < -0.4 is 0 Å². The van der Waals surface area contributed by atoms with Crippen molar-refractivity contribution >= 4 is 11.3 Å². The number of hydrogen-bond acceptors (Lipinski definition) is 0. The van der Waals surface area contributed by atoms with E-state index in [9.17, 15) is 0 Å². The highest BCUT2D eigenvalue weighted by Gasteiger charge is 2.17. The third kappa shape index (κ3) is 3.26. The van der Waals surface area contributed by atoms with Gasteiger partial charge in [-0.15, -0.1) is 0 Å². The monoisotopic (exact) mass is 305 g/mol. The van der Waals surface area contributed by atoms with Gasteiger partial charge in [0.05, 0.1) is 0 Å².